The van der Waals surface area contributed by atoms with Crippen LogP contribution in [0.4, 0.5) is 5.69 Å². The summed E-state index contributed by atoms with van der Waals surface area (Å²) in [6.45, 7) is 1.82. The van der Waals surface area contributed by atoms with Crippen molar-refractivity contribution < 1.29 is 4.79 Å². The second kappa shape index (κ2) is 5.99. The fraction of sp³-hybridized carbons (Fsp3) is 0.214. The number of aromatic amines is 1. The summed E-state index contributed by atoms with van der Waals surface area (Å²) < 4.78 is 0. The molecule has 0 aliphatic heterocycles. The summed E-state index contributed by atoms with van der Waals surface area (Å²) in [5.41, 5.74) is 7.07. The SMILES string of the molecule is C#CCC(N)C(=O)Nc1cccc(-c2n[nH]c(C)n2)c1. The number of nitrogens with one attached hydrogen (secondary N) is 2. The van der Waals surface area contributed by atoms with Crippen molar-refractivity contribution in [3.63, 3.8) is 0 Å². The van der Waals surface area contributed by atoms with E-state index in [0.717, 1.165) is 11.4 Å². The van der Waals surface area contributed by atoms with Gasteiger partial charge < -0.3 is 11.1 Å². The fourth-order valence-electron chi connectivity index (χ4n) is 1.66. The molecule has 2 rings (SSSR count). The Bertz CT molecular complexity index is 656. The Kier molecular flexibility index (Phi) is 4.13. The van der Waals surface area contributed by atoms with E-state index in [1.54, 1.807) is 12.1 Å². The summed E-state index contributed by atoms with van der Waals surface area (Å²) in [7, 11) is 0. The van der Waals surface area contributed by atoms with Crippen LogP contribution in [0.1, 0.15) is 12.2 Å². The van der Waals surface area contributed by atoms with Gasteiger partial charge in [0.1, 0.15) is 5.82 Å². The van der Waals surface area contributed by atoms with Gasteiger partial charge in [-0.15, -0.1) is 12.3 Å². The van der Waals surface area contributed by atoms with Crippen LogP contribution in [-0.2, 0) is 4.79 Å². The Morgan fingerprint density at radius 3 is 3.05 bits per heavy atom. The largest absolute Gasteiger partial charge is 0.325 e. The van der Waals surface area contributed by atoms with Crippen LogP contribution in [0.2, 0.25) is 0 Å². The van der Waals surface area contributed by atoms with Crippen molar-refractivity contribution in [3.8, 4) is 23.7 Å². The maximum absolute atomic E-state index is 11.8. The number of aryl methyl sites for hydroxylation is 1. The first-order valence-electron chi connectivity index (χ1n) is 6.09. The second-order valence-electron chi connectivity index (χ2n) is 4.33. The molecule has 1 aromatic heterocycles. The van der Waals surface area contributed by atoms with Gasteiger partial charge in [-0.05, 0) is 19.1 Å². The fourth-order valence-corrected chi connectivity index (χ4v) is 1.66. The first-order valence-corrected chi connectivity index (χ1v) is 6.09. The Balaban J connectivity index is 2.15. The summed E-state index contributed by atoms with van der Waals surface area (Å²) in [4.78, 5) is 16.0. The maximum atomic E-state index is 11.8. The molecule has 6 heteroatoms. The minimum atomic E-state index is -0.714. The van der Waals surface area contributed by atoms with Crippen LogP contribution in [0.3, 0.4) is 0 Å². The monoisotopic (exact) mass is 269 g/mol. The van der Waals surface area contributed by atoms with Gasteiger partial charge >= 0.3 is 0 Å². The van der Waals surface area contributed by atoms with Crippen LogP contribution in [0, 0.1) is 19.3 Å². The van der Waals surface area contributed by atoms with E-state index in [9.17, 15) is 4.79 Å². The van der Waals surface area contributed by atoms with Crippen molar-refractivity contribution in [3.05, 3.63) is 30.1 Å². The number of terminal acetylenes is 1. The molecule has 1 amide bonds. The Hall–Kier alpha value is -2.65. The summed E-state index contributed by atoms with van der Waals surface area (Å²) in [5, 5.41) is 9.56. The molecule has 4 N–H and O–H groups in total. The number of aromatic nitrogens is 3. The summed E-state index contributed by atoms with van der Waals surface area (Å²) >= 11 is 0. The Labute approximate surface area is 116 Å². The third kappa shape index (κ3) is 3.22. The molecule has 0 aliphatic carbocycles. The summed E-state index contributed by atoms with van der Waals surface area (Å²) in [5.74, 6) is 3.35. The maximum Gasteiger partial charge on any atom is 0.242 e. The third-order valence-electron chi connectivity index (χ3n) is 2.66. The number of hydrogen-bond donors (Lipinski definition) is 3. The molecule has 1 heterocycles. The van der Waals surface area contributed by atoms with E-state index in [1.165, 1.54) is 0 Å². The minimum absolute atomic E-state index is 0.200. The number of carbonyl (C=O) groups is 1. The number of nitrogens with two attached hydrogens (primary N) is 1. The molecule has 1 atom stereocenters. The molecule has 0 fully saturated rings. The molecule has 1 unspecified atom stereocenters. The number of nitrogens with zero attached hydrogens (tertiary/aromatic N) is 2. The van der Waals surface area contributed by atoms with Gasteiger partial charge in [0.2, 0.25) is 5.91 Å². The number of carbonyl (C=O) groups excluding carboxylic acids is 1. The van der Waals surface area contributed by atoms with Crippen molar-refractivity contribution in [2.24, 2.45) is 5.73 Å². The highest BCUT2D eigenvalue weighted by molar-refractivity contribution is 5.95. The van der Waals surface area contributed by atoms with E-state index in [-0.39, 0.29) is 12.3 Å². The molecule has 6 nitrogen and oxygen atoms in total. The normalized spacial score (nSPS) is 11.7. The van der Waals surface area contributed by atoms with E-state index in [0.29, 0.717) is 11.5 Å². The zero-order valence-corrected chi connectivity index (χ0v) is 11.1. The van der Waals surface area contributed by atoms with Crippen LogP contribution < -0.4 is 11.1 Å². The van der Waals surface area contributed by atoms with E-state index >= 15 is 0 Å². The van der Waals surface area contributed by atoms with E-state index in [4.69, 9.17) is 12.2 Å². The van der Waals surface area contributed by atoms with Gasteiger partial charge in [-0.2, -0.15) is 5.10 Å². The number of H-pyrrole nitrogens is 1. The number of amides is 1. The predicted molar refractivity (Wildman–Crippen MR) is 76.6 cm³/mol. The van der Waals surface area contributed by atoms with Crippen molar-refractivity contribution in [2.45, 2.75) is 19.4 Å². The van der Waals surface area contributed by atoms with Gasteiger partial charge in [-0.1, -0.05) is 12.1 Å². The van der Waals surface area contributed by atoms with Gasteiger partial charge in [0.15, 0.2) is 5.82 Å². The molecule has 0 saturated carbocycles. The lowest BCUT2D eigenvalue weighted by atomic mass is 10.1. The first-order chi connectivity index (χ1) is 9.60. The summed E-state index contributed by atoms with van der Waals surface area (Å²) in [6.07, 6.45) is 5.33. The second-order valence-corrected chi connectivity index (χ2v) is 4.33. The molecule has 0 aliphatic rings. The standard InChI is InChI=1S/C14H15N5O/c1-3-5-12(15)14(20)17-11-7-4-6-10(8-11)13-16-9(2)18-19-13/h1,4,6-8,12H,5,15H2,2H3,(H,17,20)(H,16,18,19). The summed E-state index contributed by atoms with van der Waals surface area (Å²) in [6, 6.07) is 6.50. The lowest BCUT2D eigenvalue weighted by Crippen LogP contribution is -2.35. The average Bonchev–Trinajstić information content (AvgIpc) is 2.86. The molecule has 0 bridgehead atoms. The van der Waals surface area contributed by atoms with Crippen LogP contribution in [0.15, 0.2) is 24.3 Å². The number of hydrogen-bond acceptors (Lipinski definition) is 4. The lowest BCUT2D eigenvalue weighted by molar-refractivity contribution is -0.117. The van der Waals surface area contributed by atoms with Gasteiger partial charge in [-0.25, -0.2) is 4.98 Å². The molecule has 0 radical (unpaired) electrons. The van der Waals surface area contributed by atoms with Gasteiger partial charge in [0, 0.05) is 17.7 Å². The third-order valence-corrected chi connectivity index (χ3v) is 2.66. The highest BCUT2D eigenvalue weighted by Gasteiger charge is 2.12. The molecule has 1 aromatic carbocycles. The Morgan fingerprint density at radius 2 is 2.40 bits per heavy atom. The van der Waals surface area contributed by atoms with E-state index in [1.807, 2.05) is 19.1 Å². The van der Waals surface area contributed by atoms with Gasteiger partial charge in [-0.3, -0.25) is 9.89 Å². The topological polar surface area (TPSA) is 96.7 Å². The number of rotatable bonds is 4. The number of anilines is 1. The molecule has 20 heavy (non-hydrogen) atoms. The zero-order chi connectivity index (χ0) is 14.5. The highest BCUT2D eigenvalue weighted by Crippen LogP contribution is 2.19. The average molecular weight is 269 g/mol. The molecule has 102 valence electrons. The van der Waals surface area contributed by atoms with Crippen LogP contribution in [-0.4, -0.2) is 27.1 Å². The smallest absolute Gasteiger partial charge is 0.242 e. The van der Waals surface area contributed by atoms with Crippen LogP contribution in [0.25, 0.3) is 11.4 Å². The number of benzene rings is 1. The molecular formula is C14H15N5O. The quantitative estimate of drug-likeness (QED) is 0.723. The van der Waals surface area contributed by atoms with Crippen LogP contribution in [0.5, 0.6) is 0 Å². The Morgan fingerprint density at radius 1 is 1.60 bits per heavy atom. The van der Waals surface area contributed by atoms with E-state index in [2.05, 4.69) is 26.4 Å². The van der Waals surface area contributed by atoms with E-state index < -0.39 is 6.04 Å². The molecule has 0 spiro atoms. The van der Waals surface area contributed by atoms with Gasteiger partial charge in [0.05, 0.1) is 6.04 Å². The van der Waals surface area contributed by atoms with Gasteiger partial charge in [0.25, 0.3) is 0 Å². The van der Waals surface area contributed by atoms with Crippen molar-refractivity contribution >= 4 is 11.6 Å². The van der Waals surface area contributed by atoms with Crippen LogP contribution >= 0.6 is 0 Å². The zero-order valence-electron chi connectivity index (χ0n) is 11.1. The van der Waals surface area contributed by atoms with Crippen molar-refractivity contribution in [1.82, 2.24) is 15.2 Å². The van der Waals surface area contributed by atoms with Crippen molar-refractivity contribution in [2.75, 3.05) is 5.32 Å². The lowest BCUT2D eigenvalue weighted by Gasteiger charge is -2.10. The first kappa shape index (κ1) is 13.8. The molecular weight excluding hydrogens is 254 g/mol. The van der Waals surface area contributed by atoms with Crippen molar-refractivity contribution in [1.29, 1.82) is 0 Å². The molecule has 2 aromatic rings. The minimum Gasteiger partial charge on any atom is -0.325 e. The highest BCUT2D eigenvalue weighted by atomic mass is 16.2. The predicted octanol–water partition coefficient (Wildman–Crippen LogP) is 1.07. The molecule has 0 saturated heterocycles.